The van der Waals surface area contributed by atoms with Crippen molar-refractivity contribution in [3.8, 4) is 0 Å². The third-order valence-electron chi connectivity index (χ3n) is 3.93. The van der Waals surface area contributed by atoms with Crippen molar-refractivity contribution in [2.45, 2.75) is 96.6 Å². The van der Waals surface area contributed by atoms with E-state index in [4.69, 9.17) is 0 Å². The summed E-state index contributed by atoms with van der Waals surface area (Å²) in [6.45, 7) is 11.8. The van der Waals surface area contributed by atoms with Crippen molar-refractivity contribution in [1.29, 1.82) is 0 Å². The van der Waals surface area contributed by atoms with Gasteiger partial charge in [-0.3, -0.25) is 0 Å². The zero-order valence-electron chi connectivity index (χ0n) is 15.0. The van der Waals surface area contributed by atoms with Gasteiger partial charge in [0, 0.05) is 0 Å². The van der Waals surface area contributed by atoms with Crippen LogP contribution in [0, 0.1) is 11.8 Å². The second kappa shape index (κ2) is 14.2. The smallest absolute Gasteiger partial charge is 0.148 e. The van der Waals surface area contributed by atoms with Gasteiger partial charge in [0.2, 0.25) is 0 Å². The Balaban J connectivity index is 3.66. The number of rotatable bonds is 13. The van der Waals surface area contributed by atoms with E-state index in [0.29, 0.717) is 0 Å². The van der Waals surface area contributed by atoms with Crippen molar-refractivity contribution in [3.63, 3.8) is 0 Å². The highest BCUT2D eigenvalue weighted by molar-refractivity contribution is 6.64. The third-order valence-corrected chi connectivity index (χ3v) is 7.84. The van der Waals surface area contributed by atoms with Gasteiger partial charge in [0.15, 0.2) is 0 Å². The van der Waals surface area contributed by atoms with Gasteiger partial charge >= 0.3 is 0 Å². The van der Waals surface area contributed by atoms with Crippen molar-refractivity contribution in [1.82, 2.24) is 0 Å². The molecular formula is C19H39Al. The van der Waals surface area contributed by atoms with Gasteiger partial charge in [-0.15, -0.1) is 11.0 Å². The summed E-state index contributed by atoms with van der Waals surface area (Å²) in [6, 6.07) is 0. The van der Waals surface area contributed by atoms with E-state index in [-0.39, 0.29) is 0 Å². The van der Waals surface area contributed by atoms with E-state index in [1.807, 2.05) is 0 Å². The molecule has 0 unspecified atom stereocenters. The van der Waals surface area contributed by atoms with Crippen molar-refractivity contribution < 1.29 is 0 Å². The summed E-state index contributed by atoms with van der Waals surface area (Å²) in [6.07, 6.45) is 13.8. The normalized spacial score (nSPS) is 11.9. The molecule has 0 amide bonds. The molecule has 0 nitrogen and oxygen atoms in total. The molecule has 0 aromatic rings. The first-order valence-corrected chi connectivity index (χ1v) is 11.5. The third kappa shape index (κ3) is 14.7. The lowest BCUT2D eigenvalue weighted by atomic mass is 10.1. The molecule has 0 saturated heterocycles. The predicted octanol–water partition coefficient (Wildman–Crippen LogP) is 7.03. The highest BCUT2D eigenvalue weighted by atomic mass is 27.2. The van der Waals surface area contributed by atoms with Crippen molar-refractivity contribution in [2.24, 2.45) is 11.8 Å². The molecule has 0 atom stereocenters. The van der Waals surface area contributed by atoms with Crippen molar-refractivity contribution in [2.75, 3.05) is 0 Å². The standard InChI is InChI=1S/C11H21.2C4H9.Al/c1-3-5-7-9-11-10-8-6-4-2;2*1-4(2)3;/h1,3H,4-11H2,2H3;2*4H,1H2,2-3H3;. The van der Waals surface area contributed by atoms with Gasteiger partial charge in [0.1, 0.15) is 0 Å². The molecule has 0 bridgehead atoms. The monoisotopic (exact) mass is 294 g/mol. The van der Waals surface area contributed by atoms with Crippen molar-refractivity contribution >= 4 is 14.1 Å². The summed E-state index contributed by atoms with van der Waals surface area (Å²) in [5.74, 6) is 1.77. The van der Waals surface area contributed by atoms with Gasteiger partial charge in [-0.2, -0.15) is 0 Å². The molecule has 0 N–H and O–H groups in total. The molecule has 0 spiro atoms. The Kier molecular flexibility index (Phi) is 14.4. The summed E-state index contributed by atoms with van der Waals surface area (Å²) < 4.78 is 0. The molecule has 0 aromatic carbocycles. The summed E-state index contributed by atoms with van der Waals surface area (Å²) >= 11 is -0.604. The Bertz CT molecular complexity index is 208. The highest BCUT2D eigenvalue weighted by Crippen LogP contribution is 2.16. The second-order valence-corrected chi connectivity index (χ2v) is 10.2. The summed E-state index contributed by atoms with van der Waals surface area (Å²) in [5, 5.41) is 2.98. The Morgan fingerprint density at radius 2 is 1.25 bits per heavy atom. The Hall–Kier alpha value is 0.272. The number of hydrogen-bond donors (Lipinski definition) is 0. The molecule has 0 fully saturated rings. The molecule has 1 heteroatoms. The van der Waals surface area contributed by atoms with E-state index < -0.39 is 14.1 Å². The number of allylic oxidation sites excluding steroid dienone is 1. The molecule has 0 aliphatic heterocycles. The highest BCUT2D eigenvalue weighted by Gasteiger charge is 2.16. The van der Waals surface area contributed by atoms with E-state index in [1.54, 1.807) is 0 Å². The summed E-state index contributed by atoms with van der Waals surface area (Å²) in [5.41, 5.74) is 0. The van der Waals surface area contributed by atoms with Gasteiger partial charge in [0.25, 0.3) is 14.1 Å². The summed E-state index contributed by atoms with van der Waals surface area (Å²) in [7, 11) is 0. The van der Waals surface area contributed by atoms with E-state index in [2.05, 4.69) is 45.6 Å². The molecule has 0 heterocycles. The minimum absolute atomic E-state index is 0.604. The van der Waals surface area contributed by atoms with E-state index in [0.717, 1.165) is 11.8 Å². The predicted molar refractivity (Wildman–Crippen MR) is 96.8 cm³/mol. The average molecular weight is 295 g/mol. The van der Waals surface area contributed by atoms with Crippen LogP contribution in [0.4, 0.5) is 0 Å². The lowest BCUT2D eigenvalue weighted by Gasteiger charge is -2.12. The zero-order chi connectivity index (χ0) is 15.2. The van der Waals surface area contributed by atoms with Crippen LogP contribution in [0.25, 0.3) is 0 Å². The van der Waals surface area contributed by atoms with E-state index in [9.17, 15) is 0 Å². The van der Waals surface area contributed by atoms with Crippen LogP contribution in [0.15, 0.2) is 11.0 Å². The molecule has 0 aromatic heterocycles. The maximum absolute atomic E-state index is 2.65. The first-order valence-electron chi connectivity index (χ1n) is 9.22. The fourth-order valence-electron chi connectivity index (χ4n) is 2.97. The minimum Gasteiger partial charge on any atom is -0.148 e. The Morgan fingerprint density at radius 1 is 0.750 bits per heavy atom. The Labute approximate surface area is 133 Å². The van der Waals surface area contributed by atoms with Crippen LogP contribution in [0.1, 0.15) is 86.0 Å². The second-order valence-electron chi connectivity index (χ2n) is 7.36. The van der Waals surface area contributed by atoms with Gasteiger partial charge in [-0.05, 0) is 12.8 Å². The Morgan fingerprint density at radius 3 is 1.75 bits per heavy atom. The molecule has 0 radical (unpaired) electrons. The molecular weight excluding hydrogens is 255 g/mol. The van der Waals surface area contributed by atoms with Gasteiger partial charge < -0.3 is 0 Å². The SMILES string of the molecule is CCCCCCCCCC=[CH][Al]([CH2]C(C)C)[CH2]C(C)C. The number of unbranched alkanes of at least 4 members (excludes halogenated alkanes) is 7. The number of hydrogen-bond acceptors (Lipinski definition) is 0. The maximum Gasteiger partial charge on any atom is 0.294 e. The van der Waals surface area contributed by atoms with Crippen LogP contribution in [-0.4, -0.2) is 14.1 Å². The van der Waals surface area contributed by atoms with Gasteiger partial charge in [0.05, 0.1) is 0 Å². The molecule has 0 rings (SSSR count). The fraction of sp³-hybridized carbons (Fsp3) is 0.895. The first kappa shape index (κ1) is 20.3. The van der Waals surface area contributed by atoms with Gasteiger partial charge in [-0.1, -0.05) is 95.5 Å². The van der Waals surface area contributed by atoms with Crippen molar-refractivity contribution in [3.05, 3.63) is 11.0 Å². The van der Waals surface area contributed by atoms with Crippen LogP contribution in [0.5, 0.6) is 0 Å². The van der Waals surface area contributed by atoms with Crippen LogP contribution in [0.2, 0.25) is 10.6 Å². The average Bonchev–Trinajstić information content (AvgIpc) is 2.35. The van der Waals surface area contributed by atoms with E-state index >= 15 is 0 Å². The summed E-state index contributed by atoms with van der Waals surface area (Å²) in [4.78, 5) is 2.65. The largest absolute Gasteiger partial charge is 0.294 e. The van der Waals surface area contributed by atoms with Crippen LogP contribution in [-0.2, 0) is 0 Å². The van der Waals surface area contributed by atoms with Gasteiger partial charge in [-0.25, -0.2) is 0 Å². The lowest BCUT2D eigenvalue weighted by molar-refractivity contribution is 0.592. The maximum atomic E-state index is 2.65. The minimum atomic E-state index is -0.604. The molecule has 0 saturated carbocycles. The quantitative estimate of drug-likeness (QED) is 0.253. The molecule has 0 aliphatic carbocycles. The molecule has 20 heavy (non-hydrogen) atoms. The van der Waals surface area contributed by atoms with Crippen LogP contribution < -0.4 is 0 Å². The topological polar surface area (TPSA) is 0 Å². The molecule has 118 valence electrons. The van der Waals surface area contributed by atoms with Crippen LogP contribution >= 0.6 is 0 Å². The van der Waals surface area contributed by atoms with E-state index in [1.165, 1.54) is 61.9 Å². The zero-order valence-corrected chi connectivity index (χ0v) is 16.1. The lowest BCUT2D eigenvalue weighted by Crippen LogP contribution is -2.15. The van der Waals surface area contributed by atoms with Crippen LogP contribution in [0.3, 0.4) is 0 Å². The molecule has 0 aliphatic rings. The first-order chi connectivity index (χ1) is 9.56. The fourth-order valence-corrected chi connectivity index (χ4v) is 6.48.